The van der Waals surface area contributed by atoms with E-state index >= 15 is 0 Å². The summed E-state index contributed by atoms with van der Waals surface area (Å²) in [4.78, 5) is 37.4. The van der Waals surface area contributed by atoms with Crippen molar-refractivity contribution in [3.8, 4) is 0 Å². The first-order chi connectivity index (χ1) is 14.2. The number of rotatable bonds is 5. The van der Waals surface area contributed by atoms with Crippen molar-refractivity contribution in [3.05, 3.63) is 74.3 Å². The first-order valence-corrected chi connectivity index (χ1v) is 9.88. The van der Waals surface area contributed by atoms with E-state index in [-0.39, 0.29) is 40.9 Å². The molecule has 3 rings (SSSR count). The predicted octanol–water partition coefficient (Wildman–Crippen LogP) is 3.43. The minimum atomic E-state index is -0.644. The van der Waals surface area contributed by atoms with E-state index in [1.165, 1.54) is 12.1 Å². The van der Waals surface area contributed by atoms with Crippen LogP contribution in [0.2, 0.25) is 5.02 Å². The number of nitro benzene ring substituents is 1. The summed E-state index contributed by atoms with van der Waals surface area (Å²) in [5.41, 5.74) is 0.904. The number of carbonyl (C=O) groups excluding carboxylic acids is 2. The number of ether oxygens (including phenoxy) is 1. The van der Waals surface area contributed by atoms with Gasteiger partial charge in [-0.3, -0.25) is 19.7 Å². The summed E-state index contributed by atoms with van der Waals surface area (Å²) in [5.74, 6) is -0.640. The molecular formula is C21H22ClN3O5. The number of carbonyl (C=O) groups is 2. The molecule has 30 heavy (non-hydrogen) atoms. The zero-order valence-corrected chi connectivity index (χ0v) is 17.4. The molecule has 0 aromatic heterocycles. The van der Waals surface area contributed by atoms with Gasteiger partial charge in [-0.2, -0.15) is 0 Å². The number of nitrogens with zero attached hydrogens (tertiary/aromatic N) is 2. The van der Waals surface area contributed by atoms with E-state index in [9.17, 15) is 19.7 Å². The van der Waals surface area contributed by atoms with Crippen LogP contribution < -0.4 is 5.32 Å². The Bertz CT molecular complexity index is 954. The molecule has 1 saturated heterocycles. The smallest absolute Gasteiger partial charge is 0.283 e. The third-order valence-electron chi connectivity index (χ3n) is 4.76. The number of nitro groups is 1. The van der Waals surface area contributed by atoms with Gasteiger partial charge < -0.3 is 15.0 Å². The lowest BCUT2D eigenvalue weighted by Gasteiger charge is -2.35. The summed E-state index contributed by atoms with van der Waals surface area (Å²) < 4.78 is 5.66. The highest BCUT2D eigenvalue weighted by atomic mass is 35.5. The molecule has 1 N–H and O–H groups in total. The summed E-state index contributed by atoms with van der Waals surface area (Å²) in [6, 6.07) is 10.8. The summed E-state index contributed by atoms with van der Waals surface area (Å²) in [7, 11) is 0. The average Bonchev–Trinajstić information content (AvgIpc) is 2.71. The molecule has 0 spiro atoms. The molecule has 2 amide bonds. The zero-order valence-electron chi connectivity index (χ0n) is 16.6. The fourth-order valence-corrected chi connectivity index (χ4v) is 3.58. The van der Waals surface area contributed by atoms with Crippen molar-refractivity contribution in [2.24, 2.45) is 0 Å². The second-order valence-electron chi connectivity index (χ2n) is 7.27. The molecule has 8 nitrogen and oxygen atoms in total. The van der Waals surface area contributed by atoms with Crippen LogP contribution in [0.15, 0.2) is 42.5 Å². The first-order valence-electron chi connectivity index (χ1n) is 9.50. The van der Waals surface area contributed by atoms with E-state index in [4.69, 9.17) is 16.3 Å². The minimum Gasteiger partial charge on any atom is -0.372 e. The Labute approximate surface area is 178 Å². The van der Waals surface area contributed by atoms with Gasteiger partial charge in [0.25, 0.3) is 17.5 Å². The lowest BCUT2D eigenvalue weighted by Crippen LogP contribution is -2.48. The van der Waals surface area contributed by atoms with Gasteiger partial charge in [0.1, 0.15) is 5.56 Å². The van der Waals surface area contributed by atoms with Crippen LogP contribution in [0.4, 0.5) is 5.69 Å². The molecule has 0 radical (unpaired) electrons. The third kappa shape index (κ3) is 5.14. The van der Waals surface area contributed by atoms with E-state index < -0.39 is 10.8 Å². The van der Waals surface area contributed by atoms with Crippen LogP contribution in [-0.2, 0) is 11.3 Å². The number of hydrogen-bond donors (Lipinski definition) is 1. The number of nitrogens with one attached hydrogen (secondary N) is 1. The summed E-state index contributed by atoms with van der Waals surface area (Å²) in [6.07, 6.45) is -0.0202. The van der Waals surface area contributed by atoms with Gasteiger partial charge in [0.05, 0.1) is 17.1 Å². The van der Waals surface area contributed by atoms with Crippen LogP contribution in [0.5, 0.6) is 0 Å². The van der Waals surface area contributed by atoms with Gasteiger partial charge in [0, 0.05) is 36.3 Å². The van der Waals surface area contributed by atoms with Gasteiger partial charge in [-0.05, 0) is 43.7 Å². The Morgan fingerprint density at radius 3 is 2.40 bits per heavy atom. The van der Waals surface area contributed by atoms with E-state index in [1.54, 1.807) is 29.2 Å². The molecule has 2 aromatic rings. The number of hydrogen-bond acceptors (Lipinski definition) is 5. The largest absolute Gasteiger partial charge is 0.372 e. The Kier molecular flexibility index (Phi) is 6.69. The van der Waals surface area contributed by atoms with Gasteiger partial charge in [-0.25, -0.2) is 0 Å². The highest BCUT2D eigenvalue weighted by molar-refractivity contribution is 6.31. The van der Waals surface area contributed by atoms with Crippen LogP contribution in [0.3, 0.4) is 0 Å². The standard InChI is InChI=1S/C21H22ClN3O5/c1-13-11-24(12-14(2)30-13)21(27)16-5-3-15(4-6-16)10-23-20(26)18-8-7-17(22)9-19(18)25(28)29/h3-9,13-14H,10-12H2,1-2H3,(H,23,26). The topological polar surface area (TPSA) is 102 Å². The molecule has 1 aliphatic heterocycles. The van der Waals surface area contributed by atoms with E-state index in [1.807, 2.05) is 13.8 Å². The van der Waals surface area contributed by atoms with Crippen molar-refractivity contribution in [3.63, 3.8) is 0 Å². The van der Waals surface area contributed by atoms with E-state index in [0.717, 1.165) is 11.6 Å². The molecular weight excluding hydrogens is 410 g/mol. The normalized spacial score (nSPS) is 18.7. The molecule has 9 heteroatoms. The Hall–Kier alpha value is -2.97. The van der Waals surface area contributed by atoms with Crippen molar-refractivity contribution in [2.45, 2.75) is 32.6 Å². The van der Waals surface area contributed by atoms with Crippen molar-refractivity contribution in [1.82, 2.24) is 10.2 Å². The molecule has 0 aliphatic carbocycles. The minimum absolute atomic E-state index is 0.0101. The molecule has 2 unspecified atom stereocenters. The molecule has 1 heterocycles. The molecule has 1 aliphatic rings. The maximum absolute atomic E-state index is 12.7. The average molecular weight is 432 g/mol. The lowest BCUT2D eigenvalue weighted by molar-refractivity contribution is -0.385. The van der Waals surface area contributed by atoms with Crippen molar-refractivity contribution < 1.29 is 19.2 Å². The summed E-state index contributed by atoms with van der Waals surface area (Å²) >= 11 is 5.78. The summed E-state index contributed by atoms with van der Waals surface area (Å²) in [5, 5.41) is 14.0. The number of benzene rings is 2. The van der Waals surface area contributed by atoms with Crippen molar-refractivity contribution in [1.29, 1.82) is 0 Å². The maximum Gasteiger partial charge on any atom is 0.283 e. The summed E-state index contributed by atoms with van der Waals surface area (Å²) in [6.45, 7) is 5.12. The highest BCUT2D eigenvalue weighted by Gasteiger charge is 2.26. The van der Waals surface area contributed by atoms with E-state index in [0.29, 0.717) is 18.7 Å². The van der Waals surface area contributed by atoms with Gasteiger partial charge in [0.15, 0.2) is 0 Å². The van der Waals surface area contributed by atoms with E-state index in [2.05, 4.69) is 5.32 Å². The van der Waals surface area contributed by atoms with Crippen LogP contribution >= 0.6 is 11.6 Å². The van der Waals surface area contributed by atoms with Crippen molar-refractivity contribution >= 4 is 29.1 Å². The fraction of sp³-hybridized carbons (Fsp3) is 0.333. The van der Waals surface area contributed by atoms with Gasteiger partial charge >= 0.3 is 0 Å². The highest BCUT2D eigenvalue weighted by Crippen LogP contribution is 2.23. The van der Waals surface area contributed by atoms with Gasteiger partial charge in [-0.1, -0.05) is 23.7 Å². The molecule has 2 atom stereocenters. The van der Waals surface area contributed by atoms with Crippen molar-refractivity contribution in [2.75, 3.05) is 13.1 Å². The Balaban J connectivity index is 1.63. The van der Waals surface area contributed by atoms with Crippen LogP contribution in [0.25, 0.3) is 0 Å². The zero-order chi connectivity index (χ0) is 21.8. The quantitative estimate of drug-likeness (QED) is 0.577. The maximum atomic E-state index is 12.7. The monoisotopic (exact) mass is 431 g/mol. The molecule has 1 fully saturated rings. The molecule has 158 valence electrons. The van der Waals surface area contributed by atoms with Crippen LogP contribution in [0, 0.1) is 10.1 Å². The molecule has 2 aromatic carbocycles. The SMILES string of the molecule is CC1CN(C(=O)c2ccc(CNC(=O)c3ccc(Cl)cc3[N+](=O)[O-])cc2)CC(C)O1. The first kappa shape index (κ1) is 21.7. The second kappa shape index (κ2) is 9.23. The Morgan fingerprint density at radius 2 is 1.80 bits per heavy atom. The molecule has 0 bridgehead atoms. The Morgan fingerprint density at radius 1 is 1.17 bits per heavy atom. The predicted molar refractivity (Wildman–Crippen MR) is 112 cm³/mol. The van der Waals surface area contributed by atoms with Gasteiger partial charge in [-0.15, -0.1) is 0 Å². The number of morpholine rings is 1. The lowest BCUT2D eigenvalue weighted by atomic mass is 10.1. The van der Waals surface area contributed by atoms with Gasteiger partial charge in [0.2, 0.25) is 0 Å². The second-order valence-corrected chi connectivity index (χ2v) is 7.70. The van der Waals surface area contributed by atoms with Crippen LogP contribution in [-0.4, -0.2) is 46.9 Å². The van der Waals surface area contributed by atoms with Crippen LogP contribution in [0.1, 0.15) is 40.1 Å². The number of halogens is 1. The number of amides is 2. The molecule has 0 saturated carbocycles. The fourth-order valence-electron chi connectivity index (χ4n) is 3.42. The third-order valence-corrected chi connectivity index (χ3v) is 5.00.